The van der Waals surface area contributed by atoms with Gasteiger partial charge in [-0.15, -0.1) is 0 Å². The maximum Gasteiger partial charge on any atom is 0.414 e. The Balaban J connectivity index is 2.40. The molecule has 1 unspecified atom stereocenters. The quantitative estimate of drug-likeness (QED) is 0.688. The third-order valence-electron chi connectivity index (χ3n) is 2.78. The van der Waals surface area contributed by atoms with Gasteiger partial charge in [0.05, 0.1) is 13.7 Å². The van der Waals surface area contributed by atoms with Crippen LogP contribution in [0.5, 0.6) is 5.75 Å². The van der Waals surface area contributed by atoms with Crippen molar-refractivity contribution < 1.29 is 24.0 Å². The maximum atomic E-state index is 11.6. The minimum absolute atomic E-state index is 0.188. The van der Waals surface area contributed by atoms with Crippen molar-refractivity contribution in [1.82, 2.24) is 5.32 Å². The third kappa shape index (κ3) is 6.90. The van der Waals surface area contributed by atoms with Crippen molar-refractivity contribution in [3.63, 3.8) is 0 Å². The van der Waals surface area contributed by atoms with E-state index in [9.17, 15) is 9.59 Å². The molecule has 0 saturated heterocycles. The van der Waals surface area contributed by atoms with Crippen LogP contribution in [0.25, 0.3) is 0 Å². The zero-order chi connectivity index (χ0) is 16.4. The number of carbonyl (C=O) groups excluding carboxylic acids is 2. The molecule has 1 atom stereocenters. The fourth-order valence-electron chi connectivity index (χ4n) is 1.87. The lowest BCUT2D eigenvalue weighted by molar-refractivity contribution is -0.885. The lowest BCUT2D eigenvalue weighted by atomic mass is 10.2. The second kappa shape index (κ2) is 9.57. The first kappa shape index (κ1) is 17.7. The molecule has 0 radical (unpaired) electrons. The van der Waals surface area contributed by atoms with E-state index < -0.39 is 6.09 Å². The van der Waals surface area contributed by atoms with Gasteiger partial charge < -0.3 is 14.4 Å². The summed E-state index contributed by atoms with van der Waals surface area (Å²) in [5, 5.41) is 2.18. The van der Waals surface area contributed by atoms with Crippen LogP contribution in [0.2, 0.25) is 0 Å². The zero-order valence-electron chi connectivity index (χ0n) is 13.1. The highest BCUT2D eigenvalue weighted by molar-refractivity contribution is 5.92. The van der Waals surface area contributed by atoms with Crippen molar-refractivity contribution in [3.05, 3.63) is 42.5 Å². The van der Waals surface area contributed by atoms with Crippen molar-refractivity contribution in [2.24, 2.45) is 0 Å². The number of hydrogen-bond donors (Lipinski definition) is 2. The molecule has 0 aliphatic carbocycles. The summed E-state index contributed by atoms with van der Waals surface area (Å²) in [5.74, 6) is 0.420. The van der Waals surface area contributed by atoms with Crippen LogP contribution < -0.4 is 15.0 Å². The van der Waals surface area contributed by atoms with Crippen LogP contribution in [-0.2, 0) is 16.1 Å². The number of likely N-dealkylation sites (N-methyl/N-ethyl adjacent to an activating group) is 1. The molecule has 0 aliphatic heterocycles. The molecular weight excluding hydrogens is 284 g/mol. The van der Waals surface area contributed by atoms with E-state index in [2.05, 4.69) is 16.6 Å². The van der Waals surface area contributed by atoms with Crippen LogP contribution in [0.3, 0.4) is 0 Å². The number of imide groups is 1. The monoisotopic (exact) mass is 307 g/mol. The average molecular weight is 307 g/mol. The highest BCUT2D eigenvalue weighted by Crippen LogP contribution is 2.11. The summed E-state index contributed by atoms with van der Waals surface area (Å²) in [6, 6.07) is 7.66. The zero-order valence-corrected chi connectivity index (χ0v) is 13.1. The molecule has 120 valence electrons. The summed E-state index contributed by atoms with van der Waals surface area (Å²) in [6.45, 7) is 6.84. The van der Waals surface area contributed by atoms with E-state index >= 15 is 0 Å². The van der Waals surface area contributed by atoms with Crippen molar-refractivity contribution >= 4 is 12.0 Å². The molecule has 0 aromatic heterocycles. The Kier molecular flexibility index (Phi) is 7.70. The smallest absolute Gasteiger partial charge is 0.414 e. The van der Waals surface area contributed by atoms with Crippen molar-refractivity contribution in [3.8, 4) is 5.75 Å². The molecule has 6 heteroatoms. The van der Waals surface area contributed by atoms with Gasteiger partial charge in [0.1, 0.15) is 18.9 Å². The predicted molar refractivity (Wildman–Crippen MR) is 82.8 cm³/mol. The first-order chi connectivity index (χ1) is 10.5. The van der Waals surface area contributed by atoms with Gasteiger partial charge in [-0.2, -0.15) is 0 Å². The van der Waals surface area contributed by atoms with Gasteiger partial charge >= 0.3 is 6.09 Å². The summed E-state index contributed by atoms with van der Waals surface area (Å²) in [7, 11) is 1.88. The fraction of sp³-hybridized carbons (Fsp3) is 0.375. The Morgan fingerprint density at radius 1 is 1.32 bits per heavy atom. The second-order valence-electron chi connectivity index (χ2n) is 4.82. The Bertz CT molecular complexity index is 499. The first-order valence-corrected chi connectivity index (χ1v) is 7.15. The van der Waals surface area contributed by atoms with Crippen molar-refractivity contribution in [1.29, 1.82) is 0 Å². The minimum atomic E-state index is -0.705. The topological polar surface area (TPSA) is 69.1 Å². The number of alkyl carbamates (subject to hydrolysis) is 1. The van der Waals surface area contributed by atoms with Crippen LogP contribution in [0.15, 0.2) is 36.9 Å². The summed E-state index contributed by atoms with van der Waals surface area (Å²) in [4.78, 5) is 23.7. The molecule has 0 aliphatic rings. The number of hydrogen-bond acceptors (Lipinski definition) is 4. The predicted octanol–water partition coefficient (Wildman–Crippen LogP) is 0.539. The molecule has 0 saturated carbocycles. The van der Waals surface area contributed by atoms with Crippen LogP contribution in [0.1, 0.15) is 12.5 Å². The molecule has 2 N–H and O–H groups in total. The lowest BCUT2D eigenvalue weighted by Gasteiger charge is -2.13. The van der Waals surface area contributed by atoms with Crippen LogP contribution in [0.4, 0.5) is 4.79 Å². The fourth-order valence-corrected chi connectivity index (χ4v) is 1.87. The van der Waals surface area contributed by atoms with Crippen molar-refractivity contribution in [2.45, 2.75) is 13.5 Å². The summed E-state index contributed by atoms with van der Waals surface area (Å²) < 4.78 is 10.1. The molecule has 0 fully saturated rings. The Morgan fingerprint density at radius 3 is 2.59 bits per heavy atom. The molecule has 6 nitrogen and oxygen atoms in total. The normalized spacial score (nSPS) is 11.4. The van der Waals surface area contributed by atoms with Gasteiger partial charge in [-0.25, -0.2) is 4.79 Å². The minimum Gasteiger partial charge on any atom is -0.490 e. The highest BCUT2D eigenvalue weighted by Gasteiger charge is 2.14. The SMILES string of the molecule is C=CCOc1ccc(C[NH+](C)CC(=O)NC(=O)OCC)cc1. The Morgan fingerprint density at radius 2 is 2.00 bits per heavy atom. The third-order valence-corrected chi connectivity index (χ3v) is 2.78. The number of rotatable bonds is 8. The molecule has 1 aromatic carbocycles. The molecule has 1 aromatic rings. The van der Waals surface area contributed by atoms with E-state index in [0.29, 0.717) is 13.2 Å². The number of carbonyl (C=O) groups is 2. The van der Waals surface area contributed by atoms with Gasteiger partial charge in [0.15, 0.2) is 6.54 Å². The maximum absolute atomic E-state index is 11.6. The number of quaternary nitrogens is 1. The molecule has 2 amide bonds. The Hall–Kier alpha value is -2.34. The van der Waals surface area contributed by atoms with Gasteiger partial charge in [0, 0.05) is 5.56 Å². The van der Waals surface area contributed by atoms with Crippen molar-refractivity contribution in [2.75, 3.05) is 26.8 Å². The number of ether oxygens (including phenoxy) is 2. The Labute approximate surface area is 130 Å². The van der Waals surface area contributed by atoms with Gasteiger partial charge in [-0.3, -0.25) is 10.1 Å². The molecule has 1 rings (SSSR count). The first-order valence-electron chi connectivity index (χ1n) is 7.15. The van der Waals surface area contributed by atoms with E-state index in [1.54, 1.807) is 13.0 Å². The van der Waals surface area contributed by atoms with E-state index in [4.69, 9.17) is 4.74 Å². The van der Waals surface area contributed by atoms with E-state index in [1.807, 2.05) is 31.3 Å². The van der Waals surface area contributed by atoms with E-state index in [1.165, 1.54) is 0 Å². The summed E-state index contributed by atoms with van der Waals surface area (Å²) >= 11 is 0. The van der Waals surface area contributed by atoms with Crippen LogP contribution >= 0.6 is 0 Å². The van der Waals surface area contributed by atoms with Gasteiger partial charge in [0.2, 0.25) is 0 Å². The molecule has 0 spiro atoms. The van der Waals surface area contributed by atoms with Crippen LogP contribution in [0, 0.1) is 0 Å². The standard InChI is InChI=1S/C16H22N2O4/c1-4-10-22-14-8-6-13(7-9-14)11-18(3)12-15(19)17-16(20)21-5-2/h4,6-9H,1,5,10-12H2,2-3H3,(H,17,19,20)/p+1. The molecule has 0 heterocycles. The summed E-state index contributed by atoms with van der Waals surface area (Å²) in [5.41, 5.74) is 1.08. The highest BCUT2D eigenvalue weighted by atomic mass is 16.5. The molecule has 0 bridgehead atoms. The van der Waals surface area contributed by atoms with E-state index in [0.717, 1.165) is 16.2 Å². The average Bonchev–Trinajstić information content (AvgIpc) is 2.46. The van der Waals surface area contributed by atoms with Gasteiger partial charge in [-0.05, 0) is 31.2 Å². The number of benzene rings is 1. The summed E-state index contributed by atoms with van der Waals surface area (Å²) in [6.07, 6.45) is 0.984. The second-order valence-corrected chi connectivity index (χ2v) is 4.82. The van der Waals surface area contributed by atoms with Gasteiger partial charge in [0.25, 0.3) is 5.91 Å². The number of amides is 2. The largest absolute Gasteiger partial charge is 0.490 e. The molecule has 22 heavy (non-hydrogen) atoms. The van der Waals surface area contributed by atoms with Crippen LogP contribution in [-0.4, -0.2) is 38.8 Å². The van der Waals surface area contributed by atoms with E-state index in [-0.39, 0.29) is 19.1 Å². The van der Waals surface area contributed by atoms with Gasteiger partial charge in [-0.1, -0.05) is 12.7 Å². The number of nitrogens with one attached hydrogen (secondary N) is 2. The molecular formula is C16H23N2O4+. The lowest BCUT2D eigenvalue weighted by Crippen LogP contribution is -3.08.